The van der Waals surface area contributed by atoms with Crippen LogP contribution >= 0.6 is 11.6 Å². The fraction of sp³-hybridized carbons (Fsp3) is 0.533. The average molecular weight is 377 g/mol. The van der Waals surface area contributed by atoms with E-state index < -0.39 is 21.7 Å². The minimum absolute atomic E-state index is 0.0554. The Kier molecular flexibility index (Phi) is 5.74. The van der Waals surface area contributed by atoms with E-state index in [4.69, 9.17) is 21.1 Å². The zero-order valence-corrected chi connectivity index (χ0v) is 15.4. The van der Waals surface area contributed by atoms with Gasteiger partial charge in [0.15, 0.2) is 0 Å². The number of hydrogen-bond donors (Lipinski definition) is 1. The van der Waals surface area contributed by atoms with E-state index in [1.54, 1.807) is 20.8 Å². The van der Waals surface area contributed by atoms with Crippen molar-refractivity contribution in [2.45, 2.75) is 31.3 Å². The molecular weight excluding hydrogens is 356 g/mol. The molecule has 0 unspecified atom stereocenters. The Morgan fingerprint density at radius 3 is 2.50 bits per heavy atom. The third kappa shape index (κ3) is 4.83. The zero-order chi connectivity index (χ0) is 18.0. The number of sulfonamides is 1. The molecule has 1 saturated heterocycles. The third-order valence-corrected chi connectivity index (χ3v) is 5.41. The summed E-state index contributed by atoms with van der Waals surface area (Å²) in [6.45, 7) is 6.49. The Bertz CT molecular complexity index is 709. The number of amides is 1. The first-order valence-electron chi connectivity index (χ1n) is 7.47. The first-order valence-corrected chi connectivity index (χ1v) is 9.29. The molecule has 1 aromatic carbocycles. The van der Waals surface area contributed by atoms with E-state index in [9.17, 15) is 13.2 Å². The van der Waals surface area contributed by atoms with Gasteiger partial charge in [-0.1, -0.05) is 11.6 Å². The van der Waals surface area contributed by atoms with Gasteiger partial charge in [-0.25, -0.2) is 13.2 Å². The summed E-state index contributed by atoms with van der Waals surface area (Å²) in [5.74, 6) is 0. The molecule has 1 heterocycles. The number of nitrogens with one attached hydrogen (secondary N) is 1. The van der Waals surface area contributed by atoms with Crippen LogP contribution in [0.25, 0.3) is 0 Å². The van der Waals surface area contributed by atoms with Crippen molar-refractivity contribution in [3.63, 3.8) is 0 Å². The molecule has 9 heteroatoms. The van der Waals surface area contributed by atoms with Gasteiger partial charge < -0.3 is 9.47 Å². The molecule has 0 aromatic heterocycles. The minimum Gasteiger partial charge on any atom is -0.444 e. The van der Waals surface area contributed by atoms with Gasteiger partial charge in [0.2, 0.25) is 10.0 Å². The van der Waals surface area contributed by atoms with E-state index in [0.29, 0.717) is 26.3 Å². The van der Waals surface area contributed by atoms with Crippen LogP contribution in [0, 0.1) is 0 Å². The van der Waals surface area contributed by atoms with Crippen LogP contribution in [0.3, 0.4) is 0 Å². The second-order valence-corrected chi connectivity index (χ2v) is 8.63. The number of anilines is 1. The molecule has 0 saturated carbocycles. The van der Waals surface area contributed by atoms with Gasteiger partial charge >= 0.3 is 6.09 Å². The number of morpholine rings is 1. The van der Waals surface area contributed by atoms with Gasteiger partial charge in [-0.15, -0.1) is 0 Å². The first-order chi connectivity index (χ1) is 11.1. The SMILES string of the molecule is CC(C)(C)OC(=O)Nc1cc(S(=O)(=O)N2CCOCC2)ccc1Cl. The molecule has 0 radical (unpaired) electrons. The minimum atomic E-state index is -3.67. The molecule has 24 heavy (non-hydrogen) atoms. The number of halogens is 1. The molecule has 1 N–H and O–H groups in total. The summed E-state index contributed by atoms with van der Waals surface area (Å²) in [7, 11) is -3.67. The molecule has 0 aliphatic carbocycles. The molecule has 2 rings (SSSR count). The smallest absolute Gasteiger partial charge is 0.412 e. The van der Waals surface area contributed by atoms with Gasteiger partial charge in [-0.3, -0.25) is 5.32 Å². The summed E-state index contributed by atoms with van der Waals surface area (Å²) in [6.07, 6.45) is -0.703. The van der Waals surface area contributed by atoms with Crippen LogP contribution in [-0.4, -0.2) is 50.7 Å². The molecule has 134 valence electrons. The van der Waals surface area contributed by atoms with Crippen LogP contribution in [-0.2, 0) is 19.5 Å². The lowest BCUT2D eigenvalue weighted by Crippen LogP contribution is -2.40. The number of carbonyl (C=O) groups is 1. The topological polar surface area (TPSA) is 84.9 Å². The molecule has 1 aliphatic heterocycles. The van der Waals surface area contributed by atoms with E-state index >= 15 is 0 Å². The fourth-order valence-electron chi connectivity index (χ4n) is 2.11. The van der Waals surface area contributed by atoms with Crippen LogP contribution < -0.4 is 5.32 Å². The van der Waals surface area contributed by atoms with Crippen molar-refractivity contribution in [1.29, 1.82) is 0 Å². The summed E-state index contributed by atoms with van der Waals surface area (Å²) in [4.78, 5) is 11.9. The second-order valence-electron chi connectivity index (χ2n) is 6.29. The van der Waals surface area contributed by atoms with Gasteiger partial charge in [0, 0.05) is 13.1 Å². The Balaban J connectivity index is 2.23. The maximum Gasteiger partial charge on any atom is 0.412 e. The lowest BCUT2D eigenvalue weighted by molar-refractivity contribution is 0.0636. The van der Waals surface area contributed by atoms with E-state index in [2.05, 4.69) is 5.32 Å². The molecule has 1 amide bonds. The summed E-state index contributed by atoms with van der Waals surface area (Å²) in [5.41, 5.74) is -0.492. The highest BCUT2D eigenvalue weighted by atomic mass is 35.5. The van der Waals surface area contributed by atoms with Crippen LogP contribution in [0.1, 0.15) is 20.8 Å². The number of benzene rings is 1. The molecule has 1 aliphatic rings. The summed E-state index contributed by atoms with van der Waals surface area (Å²) >= 11 is 6.05. The van der Waals surface area contributed by atoms with Crippen molar-refractivity contribution in [2.75, 3.05) is 31.6 Å². The van der Waals surface area contributed by atoms with Crippen molar-refractivity contribution < 1.29 is 22.7 Å². The van der Waals surface area contributed by atoms with Crippen molar-refractivity contribution in [3.05, 3.63) is 23.2 Å². The first kappa shape index (κ1) is 19.0. The van der Waals surface area contributed by atoms with Gasteiger partial charge in [0.25, 0.3) is 0 Å². The Morgan fingerprint density at radius 1 is 1.29 bits per heavy atom. The van der Waals surface area contributed by atoms with E-state index in [1.165, 1.54) is 22.5 Å². The van der Waals surface area contributed by atoms with Gasteiger partial charge in [0.05, 0.1) is 28.8 Å². The predicted molar refractivity (Wildman–Crippen MR) is 90.9 cm³/mol. The fourth-order valence-corrected chi connectivity index (χ4v) is 3.71. The molecule has 0 bridgehead atoms. The number of rotatable bonds is 3. The highest BCUT2D eigenvalue weighted by molar-refractivity contribution is 7.89. The van der Waals surface area contributed by atoms with Crippen LogP contribution in [0.5, 0.6) is 0 Å². The molecule has 0 spiro atoms. The van der Waals surface area contributed by atoms with E-state index in [1.807, 2.05) is 0 Å². The third-order valence-electron chi connectivity index (χ3n) is 3.18. The number of nitrogens with zero attached hydrogens (tertiary/aromatic N) is 1. The molecular formula is C15H21ClN2O5S. The second kappa shape index (κ2) is 7.26. The standard InChI is InChI=1S/C15H21ClN2O5S/c1-15(2,3)23-14(19)17-13-10-11(4-5-12(13)16)24(20,21)18-6-8-22-9-7-18/h4-5,10H,6-9H2,1-3H3,(H,17,19). The normalized spacial score (nSPS) is 16.7. The summed E-state index contributed by atoms with van der Waals surface area (Å²) < 4.78 is 37.0. The van der Waals surface area contributed by atoms with Crippen molar-refractivity contribution in [2.24, 2.45) is 0 Å². The van der Waals surface area contributed by atoms with Crippen molar-refractivity contribution >= 4 is 33.4 Å². The summed E-state index contributed by atoms with van der Waals surface area (Å²) in [6, 6.07) is 4.17. The molecule has 1 aromatic rings. The lowest BCUT2D eigenvalue weighted by atomic mass is 10.2. The maximum absolute atomic E-state index is 12.6. The van der Waals surface area contributed by atoms with Crippen molar-refractivity contribution in [1.82, 2.24) is 4.31 Å². The largest absolute Gasteiger partial charge is 0.444 e. The molecule has 0 atom stereocenters. The van der Waals surface area contributed by atoms with Crippen molar-refractivity contribution in [3.8, 4) is 0 Å². The highest BCUT2D eigenvalue weighted by Gasteiger charge is 2.27. The highest BCUT2D eigenvalue weighted by Crippen LogP contribution is 2.27. The van der Waals surface area contributed by atoms with E-state index in [-0.39, 0.29) is 15.6 Å². The van der Waals surface area contributed by atoms with Gasteiger partial charge in [-0.05, 0) is 39.0 Å². The van der Waals surface area contributed by atoms with E-state index in [0.717, 1.165) is 0 Å². The average Bonchev–Trinajstić information content (AvgIpc) is 2.48. The molecule has 7 nitrogen and oxygen atoms in total. The maximum atomic E-state index is 12.6. The Hall–Kier alpha value is -1.35. The van der Waals surface area contributed by atoms with Crippen LogP contribution in [0.2, 0.25) is 5.02 Å². The van der Waals surface area contributed by atoms with Gasteiger partial charge in [0.1, 0.15) is 5.60 Å². The van der Waals surface area contributed by atoms with Crippen LogP contribution in [0.15, 0.2) is 23.1 Å². The number of ether oxygens (including phenoxy) is 2. The number of carbonyl (C=O) groups excluding carboxylic acids is 1. The number of hydrogen-bond acceptors (Lipinski definition) is 5. The Labute approximate surface area is 146 Å². The Morgan fingerprint density at radius 2 is 1.92 bits per heavy atom. The summed E-state index contributed by atoms with van der Waals surface area (Å²) in [5, 5.41) is 2.71. The quantitative estimate of drug-likeness (QED) is 0.876. The molecule has 1 fully saturated rings. The lowest BCUT2D eigenvalue weighted by Gasteiger charge is -2.26. The van der Waals surface area contributed by atoms with Gasteiger partial charge in [-0.2, -0.15) is 4.31 Å². The predicted octanol–water partition coefficient (Wildman–Crippen LogP) is 2.71. The monoisotopic (exact) mass is 376 g/mol. The zero-order valence-electron chi connectivity index (χ0n) is 13.8. The van der Waals surface area contributed by atoms with Crippen LogP contribution in [0.4, 0.5) is 10.5 Å².